The van der Waals surface area contributed by atoms with Gasteiger partial charge in [0.2, 0.25) is 11.8 Å². The molecule has 3 N–H and O–H groups in total. The summed E-state index contributed by atoms with van der Waals surface area (Å²) in [6, 6.07) is 25.4. The molecule has 0 heterocycles. The first-order chi connectivity index (χ1) is 16.3. The summed E-state index contributed by atoms with van der Waals surface area (Å²) in [5.74, 6) is -1.53. The first-order valence-electron chi connectivity index (χ1n) is 11.0. The molecule has 172 valence electrons. The average Bonchev–Trinajstić information content (AvgIpc) is 3.18. The minimum Gasteiger partial charge on any atom is -0.465 e. The second-order valence-corrected chi connectivity index (χ2v) is 8.51. The molecule has 3 amide bonds. The predicted octanol–water partition coefficient (Wildman–Crippen LogP) is 4.05. The van der Waals surface area contributed by atoms with Gasteiger partial charge in [0.15, 0.2) is 0 Å². The van der Waals surface area contributed by atoms with Gasteiger partial charge in [-0.15, -0.1) is 0 Å². The van der Waals surface area contributed by atoms with Crippen LogP contribution in [0.2, 0.25) is 0 Å². The van der Waals surface area contributed by atoms with Crippen molar-refractivity contribution in [2.24, 2.45) is 10.7 Å². The average molecular weight is 456 g/mol. The molecular formula is C27H25N3O4. The van der Waals surface area contributed by atoms with E-state index in [0.29, 0.717) is 17.7 Å². The lowest BCUT2D eigenvalue weighted by molar-refractivity contribution is -0.137. The topological polar surface area (TPSA) is 113 Å². The third-order valence-corrected chi connectivity index (χ3v) is 6.18. The molecule has 0 aliphatic heterocycles. The fourth-order valence-electron chi connectivity index (χ4n) is 4.43. The summed E-state index contributed by atoms with van der Waals surface area (Å²) in [6.45, 7) is 1.04. The van der Waals surface area contributed by atoms with Crippen molar-refractivity contribution in [3.63, 3.8) is 0 Å². The number of rotatable bonds is 6. The van der Waals surface area contributed by atoms with Crippen LogP contribution >= 0.6 is 0 Å². The number of fused-ring (bicyclic) bond motifs is 1. The number of primary amides is 1. The van der Waals surface area contributed by atoms with Gasteiger partial charge in [0.05, 0.1) is 16.8 Å². The van der Waals surface area contributed by atoms with Gasteiger partial charge in [-0.05, 0) is 43.0 Å². The molecule has 0 saturated heterocycles. The van der Waals surface area contributed by atoms with Crippen molar-refractivity contribution in [2.75, 3.05) is 6.54 Å². The van der Waals surface area contributed by atoms with E-state index in [4.69, 9.17) is 10.7 Å². The van der Waals surface area contributed by atoms with Crippen molar-refractivity contribution in [2.45, 2.75) is 25.2 Å². The summed E-state index contributed by atoms with van der Waals surface area (Å²) in [5.41, 5.74) is 9.31. The molecule has 7 nitrogen and oxygen atoms in total. The van der Waals surface area contributed by atoms with E-state index in [2.05, 4.69) is 0 Å². The SMILES string of the molecule is C[C@]1(C(=O)N(CC(N)=O)C(=O)O)CCc2cc(N=C(c3ccccc3)c3ccccc3)ccc21. The number of amides is 3. The number of aliphatic imine (C=N–C) groups is 1. The van der Waals surface area contributed by atoms with Gasteiger partial charge in [-0.25, -0.2) is 14.7 Å². The van der Waals surface area contributed by atoms with Gasteiger partial charge in [0.25, 0.3) is 0 Å². The Labute approximate surface area is 197 Å². The van der Waals surface area contributed by atoms with Crippen LogP contribution in [-0.2, 0) is 21.4 Å². The van der Waals surface area contributed by atoms with Crippen LogP contribution < -0.4 is 5.73 Å². The molecule has 3 aromatic rings. The van der Waals surface area contributed by atoms with E-state index in [1.807, 2.05) is 78.9 Å². The molecule has 1 atom stereocenters. The van der Waals surface area contributed by atoms with Gasteiger partial charge in [-0.1, -0.05) is 66.7 Å². The van der Waals surface area contributed by atoms with Gasteiger partial charge in [-0.2, -0.15) is 0 Å². The maximum Gasteiger partial charge on any atom is 0.414 e. The molecular weight excluding hydrogens is 430 g/mol. The monoisotopic (exact) mass is 455 g/mol. The molecule has 7 heteroatoms. The number of benzene rings is 3. The number of aryl methyl sites for hydroxylation is 1. The molecule has 0 spiro atoms. The van der Waals surface area contributed by atoms with E-state index in [0.717, 1.165) is 33.7 Å². The highest BCUT2D eigenvalue weighted by Crippen LogP contribution is 2.41. The Morgan fingerprint density at radius 3 is 2.09 bits per heavy atom. The number of carbonyl (C=O) groups is 3. The molecule has 0 aromatic heterocycles. The van der Waals surface area contributed by atoms with Crippen LogP contribution in [0.5, 0.6) is 0 Å². The number of hydrogen-bond donors (Lipinski definition) is 2. The lowest BCUT2D eigenvalue weighted by atomic mass is 9.82. The molecule has 1 aliphatic carbocycles. The zero-order valence-electron chi connectivity index (χ0n) is 18.8. The fraction of sp³-hybridized carbons (Fsp3) is 0.185. The van der Waals surface area contributed by atoms with Crippen LogP contribution in [0.15, 0.2) is 83.9 Å². The van der Waals surface area contributed by atoms with E-state index >= 15 is 0 Å². The maximum atomic E-state index is 13.1. The van der Waals surface area contributed by atoms with Gasteiger partial charge < -0.3 is 10.8 Å². The van der Waals surface area contributed by atoms with E-state index < -0.39 is 29.9 Å². The first-order valence-corrected chi connectivity index (χ1v) is 11.0. The summed E-state index contributed by atoms with van der Waals surface area (Å²) >= 11 is 0. The smallest absolute Gasteiger partial charge is 0.414 e. The summed E-state index contributed by atoms with van der Waals surface area (Å²) in [7, 11) is 0. The Bertz CT molecular complexity index is 1230. The molecule has 0 unspecified atom stereocenters. The first kappa shape index (κ1) is 22.9. The van der Waals surface area contributed by atoms with Crippen LogP contribution in [-0.4, -0.2) is 40.2 Å². The van der Waals surface area contributed by atoms with Gasteiger partial charge in [0.1, 0.15) is 6.54 Å². The second-order valence-electron chi connectivity index (χ2n) is 8.51. The molecule has 0 saturated carbocycles. The Hall–Kier alpha value is -4.26. The molecule has 34 heavy (non-hydrogen) atoms. The van der Waals surface area contributed by atoms with E-state index in [-0.39, 0.29) is 0 Å². The minimum absolute atomic E-state index is 0.432. The van der Waals surface area contributed by atoms with Crippen molar-refractivity contribution >= 4 is 29.3 Å². The Morgan fingerprint density at radius 1 is 0.971 bits per heavy atom. The van der Waals surface area contributed by atoms with Crippen molar-refractivity contribution in [1.82, 2.24) is 4.90 Å². The molecule has 0 bridgehead atoms. The zero-order chi connectivity index (χ0) is 24.3. The highest BCUT2D eigenvalue weighted by Gasteiger charge is 2.45. The molecule has 0 fully saturated rings. The summed E-state index contributed by atoms with van der Waals surface area (Å²) in [5, 5.41) is 9.45. The normalized spacial score (nSPS) is 16.4. The molecule has 3 aromatic carbocycles. The number of imide groups is 1. The fourth-order valence-corrected chi connectivity index (χ4v) is 4.43. The summed E-state index contributed by atoms with van der Waals surface area (Å²) in [6.07, 6.45) is -0.465. The highest BCUT2D eigenvalue weighted by atomic mass is 16.4. The minimum atomic E-state index is -1.49. The van der Waals surface area contributed by atoms with Crippen LogP contribution in [0.3, 0.4) is 0 Å². The largest absolute Gasteiger partial charge is 0.465 e. The second kappa shape index (κ2) is 9.31. The van der Waals surface area contributed by atoms with Crippen molar-refractivity contribution < 1.29 is 19.5 Å². The lowest BCUT2D eigenvalue weighted by Crippen LogP contribution is -2.49. The van der Waals surface area contributed by atoms with E-state index in [1.54, 1.807) is 6.92 Å². The summed E-state index contributed by atoms with van der Waals surface area (Å²) < 4.78 is 0. The van der Waals surface area contributed by atoms with Crippen LogP contribution in [0.4, 0.5) is 10.5 Å². The standard InChI is InChI=1S/C27H25N3O4/c1-27(25(32)30(26(33)34)17-23(28)31)15-14-20-16-21(12-13-22(20)27)29-24(18-8-4-2-5-9-18)19-10-6-3-7-11-19/h2-13,16H,14-15,17H2,1H3,(H2,28,31)(H,33,34)/t27-/m0/s1. The van der Waals surface area contributed by atoms with Crippen molar-refractivity contribution in [3.8, 4) is 0 Å². The number of carbonyl (C=O) groups excluding carboxylic acids is 2. The Kier molecular flexibility index (Phi) is 6.27. The van der Waals surface area contributed by atoms with Crippen molar-refractivity contribution in [1.29, 1.82) is 0 Å². The number of carboxylic acid groups (broad SMARTS) is 1. The molecule has 0 radical (unpaired) electrons. The zero-order valence-corrected chi connectivity index (χ0v) is 18.8. The molecule has 4 rings (SSSR count). The lowest BCUT2D eigenvalue weighted by Gasteiger charge is -2.29. The third kappa shape index (κ3) is 4.45. The van der Waals surface area contributed by atoms with Gasteiger partial charge in [-0.3, -0.25) is 9.59 Å². The number of nitrogens with zero attached hydrogens (tertiary/aromatic N) is 2. The van der Waals surface area contributed by atoms with Crippen LogP contribution in [0.25, 0.3) is 0 Å². The van der Waals surface area contributed by atoms with Crippen LogP contribution in [0, 0.1) is 0 Å². The van der Waals surface area contributed by atoms with E-state index in [1.165, 1.54) is 0 Å². The third-order valence-electron chi connectivity index (χ3n) is 6.18. The predicted molar refractivity (Wildman–Crippen MR) is 129 cm³/mol. The van der Waals surface area contributed by atoms with E-state index in [9.17, 15) is 19.5 Å². The van der Waals surface area contributed by atoms with Gasteiger partial charge >= 0.3 is 6.09 Å². The number of nitrogens with two attached hydrogens (primary N) is 1. The Balaban J connectivity index is 1.72. The van der Waals surface area contributed by atoms with Gasteiger partial charge in [0, 0.05) is 11.1 Å². The van der Waals surface area contributed by atoms with Crippen LogP contribution in [0.1, 0.15) is 35.6 Å². The Morgan fingerprint density at radius 2 is 1.56 bits per heavy atom. The quantitative estimate of drug-likeness (QED) is 0.546. The highest BCUT2D eigenvalue weighted by molar-refractivity contribution is 6.14. The number of hydrogen-bond acceptors (Lipinski definition) is 4. The molecule has 1 aliphatic rings. The maximum absolute atomic E-state index is 13.1. The van der Waals surface area contributed by atoms with Crippen molar-refractivity contribution in [3.05, 3.63) is 101 Å². The summed E-state index contributed by atoms with van der Waals surface area (Å²) in [4.78, 5) is 41.5.